The summed E-state index contributed by atoms with van der Waals surface area (Å²) >= 11 is 1.32. The summed E-state index contributed by atoms with van der Waals surface area (Å²) in [4.78, 5) is 2.37. The molecule has 2 N–H and O–H groups in total. The molecular formula is C13H22N2O4S2. The average molecular weight is 334 g/mol. The zero-order chi connectivity index (χ0) is 15.5. The van der Waals surface area contributed by atoms with Crippen LogP contribution < -0.4 is 4.72 Å². The maximum atomic E-state index is 12.2. The summed E-state index contributed by atoms with van der Waals surface area (Å²) in [5.74, 6) is 0. The van der Waals surface area contributed by atoms with Crippen LogP contribution in [0.3, 0.4) is 0 Å². The highest BCUT2D eigenvalue weighted by Crippen LogP contribution is 2.19. The molecule has 1 aromatic rings. The molecule has 0 amide bonds. The van der Waals surface area contributed by atoms with Crippen LogP contribution >= 0.6 is 11.3 Å². The Bertz CT molecular complexity index is 528. The summed E-state index contributed by atoms with van der Waals surface area (Å²) in [6, 6.07) is 0.943. The second kappa shape index (κ2) is 7.17. The van der Waals surface area contributed by atoms with E-state index in [9.17, 15) is 13.5 Å². The van der Waals surface area contributed by atoms with Crippen molar-refractivity contribution in [1.82, 2.24) is 9.62 Å². The second-order valence-electron chi connectivity index (χ2n) is 5.04. The second-order valence-corrected chi connectivity index (χ2v) is 7.53. The topological polar surface area (TPSA) is 78.9 Å². The number of likely N-dealkylation sites (N-methyl/N-ethyl adjacent to an activating group) is 1. The molecular weight excluding hydrogens is 312 g/mol. The third-order valence-corrected chi connectivity index (χ3v) is 6.05. The fraction of sp³-hybridized carbons (Fsp3) is 0.692. The summed E-state index contributed by atoms with van der Waals surface area (Å²) < 4.78 is 32.4. The molecule has 0 spiro atoms. The highest BCUT2D eigenvalue weighted by Gasteiger charge is 2.38. The maximum absolute atomic E-state index is 12.2. The number of aliphatic hydroxyl groups is 1. The standard InChI is InChI=1S/C13H22N2O4S2/c1-3-15(4-2)7-12-13(16)11(8-19-12)14-21(17,18)10-5-6-20-9-10/h5-6,9,11-14,16H,3-4,7-8H2,1-2H3/t11?,12-,13+/m0/s1. The number of nitrogens with one attached hydrogen (secondary N) is 1. The van der Waals surface area contributed by atoms with Gasteiger partial charge < -0.3 is 14.7 Å². The molecule has 1 unspecified atom stereocenters. The van der Waals surface area contributed by atoms with E-state index in [1.807, 2.05) is 13.8 Å². The predicted molar refractivity (Wildman–Crippen MR) is 82.0 cm³/mol. The van der Waals surface area contributed by atoms with Gasteiger partial charge in [-0.3, -0.25) is 0 Å². The van der Waals surface area contributed by atoms with Gasteiger partial charge in [-0.25, -0.2) is 13.1 Å². The van der Waals surface area contributed by atoms with Gasteiger partial charge in [-0.1, -0.05) is 13.8 Å². The van der Waals surface area contributed by atoms with Crippen molar-refractivity contribution in [2.45, 2.75) is 37.0 Å². The summed E-state index contributed by atoms with van der Waals surface area (Å²) in [5.41, 5.74) is 0. The van der Waals surface area contributed by atoms with Crippen LogP contribution in [0.1, 0.15) is 13.8 Å². The minimum absolute atomic E-state index is 0.191. The fourth-order valence-corrected chi connectivity index (χ4v) is 4.62. The fourth-order valence-electron chi connectivity index (χ4n) is 2.36. The van der Waals surface area contributed by atoms with E-state index in [0.29, 0.717) is 6.54 Å². The highest BCUT2D eigenvalue weighted by atomic mass is 32.2. The molecule has 8 heteroatoms. The van der Waals surface area contributed by atoms with E-state index in [4.69, 9.17) is 4.74 Å². The first kappa shape index (κ1) is 16.9. The minimum Gasteiger partial charge on any atom is -0.389 e. The van der Waals surface area contributed by atoms with E-state index in [-0.39, 0.29) is 17.6 Å². The molecule has 6 nitrogen and oxygen atoms in total. The number of rotatable bonds is 7. The van der Waals surface area contributed by atoms with Crippen molar-refractivity contribution in [2.75, 3.05) is 26.2 Å². The zero-order valence-corrected chi connectivity index (χ0v) is 13.9. The van der Waals surface area contributed by atoms with Gasteiger partial charge in [0, 0.05) is 11.9 Å². The van der Waals surface area contributed by atoms with Gasteiger partial charge in [-0.15, -0.1) is 0 Å². The van der Waals surface area contributed by atoms with Crippen LogP contribution in [0.5, 0.6) is 0 Å². The van der Waals surface area contributed by atoms with Gasteiger partial charge >= 0.3 is 0 Å². The van der Waals surface area contributed by atoms with Gasteiger partial charge in [-0.05, 0) is 24.5 Å². The molecule has 0 bridgehead atoms. The smallest absolute Gasteiger partial charge is 0.241 e. The highest BCUT2D eigenvalue weighted by molar-refractivity contribution is 7.89. The zero-order valence-electron chi connectivity index (χ0n) is 12.2. The van der Waals surface area contributed by atoms with Gasteiger partial charge in [-0.2, -0.15) is 11.3 Å². The van der Waals surface area contributed by atoms with E-state index < -0.39 is 22.2 Å². The van der Waals surface area contributed by atoms with Gasteiger partial charge in [0.05, 0.1) is 29.8 Å². The predicted octanol–water partition coefficient (Wildman–Crippen LogP) is 0.496. The SMILES string of the molecule is CCN(CC)C[C@@H]1OCC(NS(=O)(=O)c2ccsc2)[C@H]1O. The largest absolute Gasteiger partial charge is 0.389 e. The van der Waals surface area contributed by atoms with Crippen LogP contribution in [0.15, 0.2) is 21.7 Å². The van der Waals surface area contributed by atoms with Crippen LogP contribution in [0.25, 0.3) is 0 Å². The molecule has 21 heavy (non-hydrogen) atoms. The average Bonchev–Trinajstić information content (AvgIpc) is 3.09. The Morgan fingerprint density at radius 2 is 2.19 bits per heavy atom. The maximum Gasteiger partial charge on any atom is 0.241 e. The lowest BCUT2D eigenvalue weighted by Crippen LogP contribution is -2.46. The van der Waals surface area contributed by atoms with E-state index >= 15 is 0 Å². The Kier molecular flexibility index (Phi) is 5.75. The summed E-state index contributed by atoms with van der Waals surface area (Å²) in [5, 5.41) is 13.5. The Balaban J connectivity index is 1.97. The number of hydrogen-bond donors (Lipinski definition) is 2. The molecule has 0 saturated carbocycles. The molecule has 1 fully saturated rings. The van der Waals surface area contributed by atoms with Gasteiger partial charge in [0.15, 0.2) is 0 Å². The normalized spacial score (nSPS) is 26.6. The first-order chi connectivity index (χ1) is 9.97. The molecule has 3 atom stereocenters. The quantitative estimate of drug-likeness (QED) is 0.759. The monoisotopic (exact) mass is 334 g/mol. The van der Waals surface area contributed by atoms with Gasteiger partial charge in [0.1, 0.15) is 0 Å². The molecule has 120 valence electrons. The number of thiophene rings is 1. The Morgan fingerprint density at radius 1 is 1.48 bits per heavy atom. The number of sulfonamides is 1. The number of ether oxygens (including phenoxy) is 1. The van der Waals surface area contributed by atoms with Gasteiger partial charge in [0.2, 0.25) is 10.0 Å². The van der Waals surface area contributed by atoms with E-state index in [0.717, 1.165) is 13.1 Å². The van der Waals surface area contributed by atoms with Crippen molar-refractivity contribution in [1.29, 1.82) is 0 Å². The van der Waals surface area contributed by atoms with E-state index in [1.165, 1.54) is 11.3 Å². The lowest BCUT2D eigenvalue weighted by molar-refractivity contribution is 0.0175. The number of hydrogen-bond acceptors (Lipinski definition) is 6. The van der Waals surface area contributed by atoms with E-state index in [2.05, 4.69) is 9.62 Å². The van der Waals surface area contributed by atoms with Crippen molar-refractivity contribution in [3.05, 3.63) is 16.8 Å². The van der Waals surface area contributed by atoms with E-state index in [1.54, 1.807) is 16.8 Å². The number of nitrogens with zero attached hydrogens (tertiary/aromatic N) is 1. The molecule has 1 aliphatic rings. The third kappa shape index (κ3) is 4.02. The van der Waals surface area contributed by atoms with Crippen molar-refractivity contribution in [3.63, 3.8) is 0 Å². The van der Waals surface area contributed by atoms with Crippen LogP contribution in [0.2, 0.25) is 0 Å². The van der Waals surface area contributed by atoms with Crippen LogP contribution in [-0.2, 0) is 14.8 Å². The molecule has 2 rings (SSSR count). The van der Waals surface area contributed by atoms with Crippen molar-refractivity contribution in [3.8, 4) is 0 Å². The van der Waals surface area contributed by atoms with Crippen molar-refractivity contribution < 1.29 is 18.3 Å². The third-order valence-electron chi connectivity index (χ3n) is 3.73. The molecule has 0 aliphatic carbocycles. The first-order valence-electron chi connectivity index (χ1n) is 7.04. The molecule has 0 aromatic carbocycles. The minimum atomic E-state index is -3.59. The van der Waals surface area contributed by atoms with Crippen LogP contribution in [0.4, 0.5) is 0 Å². The Hall–Kier alpha value is -0.510. The summed E-state index contributed by atoms with van der Waals surface area (Å²) in [6.07, 6.45) is -1.20. The molecule has 0 radical (unpaired) electrons. The lowest BCUT2D eigenvalue weighted by Gasteiger charge is -2.24. The van der Waals surface area contributed by atoms with Crippen LogP contribution in [0, 0.1) is 0 Å². The molecule has 1 aliphatic heterocycles. The van der Waals surface area contributed by atoms with Crippen LogP contribution in [-0.4, -0.2) is 62.9 Å². The Labute approximate surface area is 129 Å². The molecule has 1 aromatic heterocycles. The first-order valence-corrected chi connectivity index (χ1v) is 9.47. The molecule has 2 heterocycles. The lowest BCUT2D eigenvalue weighted by atomic mass is 10.1. The summed E-state index contributed by atoms with van der Waals surface area (Å²) in [7, 11) is -3.59. The van der Waals surface area contributed by atoms with Crippen molar-refractivity contribution in [2.24, 2.45) is 0 Å². The summed E-state index contributed by atoms with van der Waals surface area (Å²) in [6.45, 7) is 6.62. The van der Waals surface area contributed by atoms with Crippen molar-refractivity contribution >= 4 is 21.4 Å². The van der Waals surface area contributed by atoms with Gasteiger partial charge in [0.25, 0.3) is 0 Å². The Morgan fingerprint density at radius 3 is 2.76 bits per heavy atom. The number of aliphatic hydroxyl groups excluding tert-OH is 1. The molecule has 1 saturated heterocycles.